The van der Waals surface area contributed by atoms with Crippen LogP contribution in [0.25, 0.3) is 22.3 Å². The molecule has 0 bridgehead atoms. The number of amides is 1. The number of hydrogen-bond acceptors (Lipinski definition) is 5. The molecule has 0 spiro atoms. The minimum absolute atomic E-state index is 0.00449. The number of para-hydroxylation sites is 1. The van der Waals surface area contributed by atoms with Crippen LogP contribution >= 0.6 is 0 Å². The molecule has 1 aliphatic rings. The number of benzene rings is 1. The van der Waals surface area contributed by atoms with Gasteiger partial charge in [-0.15, -0.1) is 0 Å². The minimum atomic E-state index is -0.241. The summed E-state index contributed by atoms with van der Waals surface area (Å²) in [7, 11) is 0. The van der Waals surface area contributed by atoms with Gasteiger partial charge in [-0.3, -0.25) is 9.78 Å². The van der Waals surface area contributed by atoms with Crippen molar-refractivity contribution in [1.82, 2.24) is 15.0 Å². The summed E-state index contributed by atoms with van der Waals surface area (Å²) < 4.78 is 0. The Morgan fingerprint density at radius 1 is 1.04 bits per heavy atom. The summed E-state index contributed by atoms with van der Waals surface area (Å²) in [5, 5.41) is 4.44. The molecule has 1 saturated carbocycles. The van der Waals surface area contributed by atoms with Gasteiger partial charge in [0.1, 0.15) is 5.82 Å². The average molecular weight is 347 g/mol. The lowest BCUT2D eigenvalue weighted by atomic mass is 9.84. The molecule has 1 aromatic carbocycles. The first kappa shape index (κ1) is 16.4. The predicted octanol–water partition coefficient (Wildman–Crippen LogP) is 3.15. The van der Waals surface area contributed by atoms with E-state index in [1.807, 2.05) is 36.4 Å². The molecule has 1 fully saturated rings. The average Bonchev–Trinajstić information content (AvgIpc) is 2.69. The molecule has 3 N–H and O–H groups in total. The van der Waals surface area contributed by atoms with Gasteiger partial charge in [0.25, 0.3) is 0 Å². The molecule has 0 saturated heterocycles. The van der Waals surface area contributed by atoms with Crippen molar-refractivity contribution >= 4 is 22.6 Å². The van der Waals surface area contributed by atoms with E-state index >= 15 is 0 Å². The third-order valence-corrected chi connectivity index (χ3v) is 5.00. The molecule has 2 atom stereocenters. The van der Waals surface area contributed by atoms with E-state index in [0.29, 0.717) is 5.82 Å². The van der Waals surface area contributed by atoms with E-state index in [1.54, 1.807) is 12.4 Å². The first-order valence-corrected chi connectivity index (χ1v) is 8.95. The Hall–Kier alpha value is -3.02. The van der Waals surface area contributed by atoms with E-state index in [0.717, 1.165) is 48.0 Å². The maximum Gasteiger partial charge on any atom is 0.222 e. The summed E-state index contributed by atoms with van der Waals surface area (Å²) in [4.78, 5) is 25.3. The van der Waals surface area contributed by atoms with E-state index in [-0.39, 0.29) is 17.9 Å². The number of aromatic nitrogens is 3. The van der Waals surface area contributed by atoms with Crippen LogP contribution in [0.15, 0.2) is 48.8 Å². The third-order valence-electron chi connectivity index (χ3n) is 5.00. The zero-order valence-corrected chi connectivity index (χ0v) is 14.4. The molecule has 26 heavy (non-hydrogen) atoms. The van der Waals surface area contributed by atoms with Crippen molar-refractivity contribution in [1.29, 1.82) is 0 Å². The normalized spacial score (nSPS) is 20.0. The third kappa shape index (κ3) is 3.22. The fraction of sp³-hybridized carbons (Fsp3) is 0.300. The second-order valence-corrected chi connectivity index (χ2v) is 6.69. The topological polar surface area (TPSA) is 93.8 Å². The number of hydrogen-bond donors (Lipinski definition) is 2. The molecule has 0 unspecified atom stereocenters. The highest BCUT2D eigenvalue weighted by Gasteiger charge is 2.30. The van der Waals surface area contributed by atoms with E-state index in [4.69, 9.17) is 10.7 Å². The number of fused-ring (bicyclic) bond motifs is 1. The number of pyridine rings is 1. The Labute approximate surface area is 151 Å². The van der Waals surface area contributed by atoms with Gasteiger partial charge >= 0.3 is 0 Å². The molecule has 3 aromatic rings. The Kier molecular flexibility index (Phi) is 4.48. The summed E-state index contributed by atoms with van der Waals surface area (Å²) in [6.45, 7) is 0. The zero-order valence-electron chi connectivity index (χ0n) is 14.4. The number of primary amides is 1. The number of nitrogens with two attached hydrogens (primary N) is 1. The van der Waals surface area contributed by atoms with Gasteiger partial charge in [-0.1, -0.05) is 25.0 Å². The van der Waals surface area contributed by atoms with Crippen LogP contribution < -0.4 is 11.1 Å². The Balaban J connectivity index is 1.77. The predicted molar refractivity (Wildman–Crippen MR) is 101 cm³/mol. The van der Waals surface area contributed by atoms with Crippen LogP contribution in [-0.4, -0.2) is 26.9 Å². The number of carbonyl (C=O) groups excluding carboxylic acids is 1. The van der Waals surface area contributed by atoms with Gasteiger partial charge < -0.3 is 11.1 Å². The van der Waals surface area contributed by atoms with Gasteiger partial charge in [0.15, 0.2) is 5.82 Å². The number of nitrogens with zero attached hydrogens (tertiary/aromatic N) is 3. The van der Waals surface area contributed by atoms with Crippen molar-refractivity contribution in [3.63, 3.8) is 0 Å². The highest BCUT2D eigenvalue weighted by atomic mass is 16.1. The lowest BCUT2D eigenvalue weighted by Crippen LogP contribution is -2.40. The van der Waals surface area contributed by atoms with Crippen LogP contribution in [0.1, 0.15) is 25.7 Å². The van der Waals surface area contributed by atoms with Gasteiger partial charge in [-0.2, -0.15) is 0 Å². The van der Waals surface area contributed by atoms with Crippen molar-refractivity contribution in [3.8, 4) is 11.4 Å². The summed E-state index contributed by atoms with van der Waals surface area (Å²) in [6.07, 6.45) is 7.32. The molecule has 132 valence electrons. The van der Waals surface area contributed by atoms with Crippen LogP contribution in [0, 0.1) is 5.92 Å². The molecular weight excluding hydrogens is 326 g/mol. The van der Waals surface area contributed by atoms with Gasteiger partial charge in [-0.25, -0.2) is 9.97 Å². The minimum Gasteiger partial charge on any atom is -0.369 e. The summed E-state index contributed by atoms with van der Waals surface area (Å²) in [6, 6.07) is 11.7. The van der Waals surface area contributed by atoms with Crippen LogP contribution in [0.2, 0.25) is 0 Å². The van der Waals surface area contributed by atoms with Crippen molar-refractivity contribution in [2.24, 2.45) is 11.7 Å². The van der Waals surface area contributed by atoms with Crippen molar-refractivity contribution in [2.45, 2.75) is 31.7 Å². The lowest BCUT2D eigenvalue weighted by Gasteiger charge is -2.30. The van der Waals surface area contributed by atoms with E-state index in [9.17, 15) is 4.79 Å². The standard InChI is InChI=1S/C20H21N5O/c21-18(26)14-5-1-3-7-16(14)24-20-15-6-2-4-8-17(15)23-19(25-20)13-9-11-22-12-10-13/h2,4,6,8-12,14,16H,1,3,5,7H2,(H2,21,26)(H,23,24,25)/t14-,16+/m1/s1. The Morgan fingerprint density at radius 2 is 1.81 bits per heavy atom. The largest absolute Gasteiger partial charge is 0.369 e. The van der Waals surface area contributed by atoms with Crippen molar-refractivity contribution in [2.75, 3.05) is 5.32 Å². The highest BCUT2D eigenvalue weighted by Crippen LogP contribution is 2.30. The molecule has 2 aromatic heterocycles. The van der Waals surface area contributed by atoms with Gasteiger partial charge in [-0.05, 0) is 37.1 Å². The fourth-order valence-electron chi connectivity index (χ4n) is 3.64. The number of rotatable bonds is 4. The van der Waals surface area contributed by atoms with E-state index in [1.165, 1.54) is 0 Å². The zero-order chi connectivity index (χ0) is 17.9. The van der Waals surface area contributed by atoms with Crippen LogP contribution in [0.5, 0.6) is 0 Å². The molecule has 0 radical (unpaired) electrons. The first-order valence-electron chi connectivity index (χ1n) is 8.95. The van der Waals surface area contributed by atoms with Gasteiger partial charge in [0, 0.05) is 29.4 Å². The molecular formula is C20H21N5O. The van der Waals surface area contributed by atoms with Crippen molar-refractivity contribution in [3.05, 3.63) is 48.8 Å². The molecule has 0 aliphatic heterocycles. The highest BCUT2D eigenvalue weighted by molar-refractivity contribution is 5.91. The molecule has 2 heterocycles. The molecule has 6 nitrogen and oxygen atoms in total. The number of nitrogens with one attached hydrogen (secondary N) is 1. The summed E-state index contributed by atoms with van der Waals surface area (Å²) >= 11 is 0. The lowest BCUT2D eigenvalue weighted by molar-refractivity contribution is -0.122. The quantitative estimate of drug-likeness (QED) is 0.756. The fourth-order valence-corrected chi connectivity index (χ4v) is 3.64. The molecule has 4 rings (SSSR count). The second kappa shape index (κ2) is 7.07. The smallest absolute Gasteiger partial charge is 0.222 e. The second-order valence-electron chi connectivity index (χ2n) is 6.69. The number of anilines is 1. The SMILES string of the molecule is NC(=O)[C@@H]1CCCC[C@@H]1Nc1nc(-c2ccncc2)nc2ccccc12. The molecule has 1 aliphatic carbocycles. The maximum absolute atomic E-state index is 11.8. The first-order chi connectivity index (χ1) is 12.7. The van der Waals surface area contributed by atoms with Crippen LogP contribution in [0.4, 0.5) is 5.82 Å². The maximum atomic E-state index is 11.8. The Bertz CT molecular complexity index is 928. The van der Waals surface area contributed by atoms with E-state index in [2.05, 4.69) is 15.3 Å². The molecule has 1 amide bonds. The monoisotopic (exact) mass is 347 g/mol. The van der Waals surface area contributed by atoms with Gasteiger partial charge in [0.05, 0.1) is 11.4 Å². The summed E-state index contributed by atoms with van der Waals surface area (Å²) in [5.74, 6) is 0.984. The Morgan fingerprint density at radius 3 is 2.62 bits per heavy atom. The van der Waals surface area contributed by atoms with E-state index < -0.39 is 0 Å². The van der Waals surface area contributed by atoms with Gasteiger partial charge in [0.2, 0.25) is 5.91 Å². The van der Waals surface area contributed by atoms with Crippen LogP contribution in [0.3, 0.4) is 0 Å². The summed E-state index contributed by atoms with van der Waals surface area (Å²) in [5.41, 5.74) is 7.40. The molecule has 6 heteroatoms. The number of carbonyl (C=O) groups is 1. The van der Waals surface area contributed by atoms with Crippen LogP contribution in [-0.2, 0) is 4.79 Å². The van der Waals surface area contributed by atoms with Crippen molar-refractivity contribution < 1.29 is 4.79 Å².